The Kier molecular flexibility index (Phi) is 5.00. The normalized spacial score (nSPS) is 13.3. The van der Waals surface area contributed by atoms with Crippen LogP contribution in [-0.2, 0) is 22.6 Å². The topological polar surface area (TPSA) is 40.6 Å². The smallest absolute Gasteiger partial charge is 0.242 e. The second kappa shape index (κ2) is 7.18. The van der Waals surface area contributed by atoms with Gasteiger partial charge in [-0.3, -0.25) is 9.59 Å². The average Bonchev–Trinajstić information content (AvgIpc) is 2.59. The van der Waals surface area contributed by atoms with Crippen LogP contribution in [0.15, 0.2) is 53.0 Å². The summed E-state index contributed by atoms with van der Waals surface area (Å²) in [7, 11) is 0. The van der Waals surface area contributed by atoms with E-state index in [0.717, 1.165) is 16.6 Å². The van der Waals surface area contributed by atoms with Gasteiger partial charge in [0.15, 0.2) is 0 Å². The van der Waals surface area contributed by atoms with Gasteiger partial charge in [0.05, 0.1) is 5.69 Å². The van der Waals surface area contributed by atoms with Gasteiger partial charge in [-0.15, -0.1) is 0 Å². The number of fused-ring (bicyclic) bond motifs is 1. The first-order valence-corrected chi connectivity index (χ1v) is 8.73. The Labute approximate surface area is 150 Å². The number of carbonyl (C=O) groups excluding carboxylic acids is 2. The molecule has 0 spiro atoms. The highest BCUT2D eigenvalue weighted by molar-refractivity contribution is 9.10. The molecule has 1 aliphatic heterocycles. The molecule has 1 aliphatic rings. The van der Waals surface area contributed by atoms with E-state index in [9.17, 15) is 9.59 Å². The van der Waals surface area contributed by atoms with Gasteiger partial charge in [0.2, 0.25) is 11.8 Å². The van der Waals surface area contributed by atoms with Crippen molar-refractivity contribution in [2.45, 2.75) is 19.9 Å². The zero-order valence-corrected chi connectivity index (χ0v) is 15.1. The molecule has 0 unspecified atom stereocenters. The number of halogens is 1. The monoisotopic (exact) mass is 386 g/mol. The number of hydrogen-bond donors (Lipinski definition) is 0. The molecule has 0 aromatic heterocycles. The van der Waals surface area contributed by atoms with Crippen molar-refractivity contribution in [2.75, 3.05) is 18.0 Å². The van der Waals surface area contributed by atoms with Crippen molar-refractivity contribution in [2.24, 2.45) is 0 Å². The van der Waals surface area contributed by atoms with Crippen LogP contribution < -0.4 is 4.90 Å². The van der Waals surface area contributed by atoms with Gasteiger partial charge in [0.1, 0.15) is 6.54 Å². The lowest BCUT2D eigenvalue weighted by Crippen LogP contribution is -2.44. The number of benzene rings is 2. The summed E-state index contributed by atoms with van der Waals surface area (Å²) < 4.78 is 0.803. The van der Waals surface area contributed by atoms with Crippen molar-refractivity contribution in [3.05, 3.63) is 64.1 Å². The largest absolute Gasteiger partial charge is 0.336 e. The molecule has 2 aromatic carbocycles. The summed E-state index contributed by atoms with van der Waals surface area (Å²) in [5.74, 6) is -0.178. The first-order chi connectivity index (χ1) is 11.6. The summed E-state index contributed by atoms with van der Waals surface area (Å²) in [5.41, 5.74) is 3.21. The minimum atomic E-state index is -0.146. The third-order valence-electron chi connectivity index (χ3n) is 4.30. The van der Waals surface area contributed by atoms with Crippen LogP contribution in [-0.4, -0.2) is 29.8 Å². The van der Waals surface area contributed by atoms with E-state index in [4.69, 9.17) is 0 Å². The van der Waals surface area contributed by atoms with Crippen LogP contribution in [0.5, 0.6) is 0 Å². The Hall–Kier alpha value is -2.14. The van der Waals surface area contributed by atoms with Crippen LogP contribution in [0.25, 0.3) is 0 Å². The molecule has 0 radical (unpaired) electrons. The molecular formula is C19H19BrN2O2. The summed E-state index contributed by atoms with van der Waals surface area (Å²) >= 11 is 3.45. The molecule has 2 aromatic rings. The van der Waals surface area contributed by atoms with Crippen molar-refractivity contribution < 1.29 is 9.59 Å². The maximum absolute atomic E-state index is 12.7. The summed E-state index contributed by atoms with van der Waals surface area (Å²) in [5, 5.41) is 0. The number of rotatable bonds is 3. The van der Waals surface area contributed by atoms with Crippen LogP contribution in [0.2, 0.25) is 0 Å². The molecule has 0 saturated carbocycles. The molecular weight excluding hydrogens is 368 g/mol. The zero-order chi connectivity index (χ0) is 17.1. The predicted molar refractivity (Wildman–Crippen MR) is 97.7 cm³/mol. The second-order valence-corrected chi connectivity index (χ2v) is 6.74. The quantitative estimate of drug-likeness (QED) is 0.810. The summed E-state index contributed by atoms with van der Waals surface area (Å²) in [6.07, 6.45) is 0.858. The number of hydrogen-bond acceptors (Lipinski definition) is 2. The molecule has 0 aliphatic carbocycles. The Morgan fingerprint density at radius 1 is 1.08 bits per heavy atom. The van der Waals surface area contributed by atoms with Crippen LogP contribution in [0.1, 0.15) is 18.1 Å². The molecule has 0 fully saturated rings. The SMILES string of the molecule is CC(=O)N(CC(=O)N1CCc2ccccc2C1)c1ccccc1Br. The highest BCUT2D eigenvalue weighted by Gasteiger charge is 2.24. The van der Waals surface area contributed by atoms with Crippen molar-refractivity contribution in [3.63, 3.8) is 0 Å². The zero-order valence-electron chi connectivity index (χ0n) is 13.5. The molecule has 1 heterocycles. The average molecular weight is 387 g/mol. The van der Waals surface area contributed by atoms with E-state index in [1.807, 2.05) is 41.3 Å². The third kappa shape index (κ3) is 3.51. The summed E-state index contributed by atoms with van der Waals surface area (Å²) in [4.78, 5) is 28.1. The molecule has 0 N–H and O–H groups in total. The summed E-state index contributed by atoms with van der Waals surface area (Å²) in [6.45, 7) is 2.84. The highest BCUT2D eigenvalue weighted by Crippen LogP contribution is 2.26. The minimum absolute atomic E-state index is 0.0320. The van der Waals surface area contributed by atoms with E-state index in [2.05, 4.69) is 28.1 Å². The molecule has 0 saturated heterocycles. The lowest BCUT2D eigenvalue weighted by atomic mass is 10.00. The maximum Gasteiger partial charge on any atom is 0.242 e. The third-order valence-corrected chi connectivity index (χ3v) is 4.97. The Balaban J connectivity index is 1.76. The number of carbonyl (C=O) groups is 2. The van der Waals surface area contributed by atoms with Gasteiger partial charge in [-0.1, -0.05) is 36.4 Å². The van der Waals surface area contributed by atoms with Gasteiger partial charge in [-0.25, -0.2) is 0 Å². The van der Waals surface area contributed by atoms with E-state index < -0.39 is 0 Å². The molecule has 0 atom stereocenters. The fourth-order valence-electron chi connectivity index (χ4n) is 2.98. The Bertz CT molecular complexity index is 775. The van der Waals surface area contributed by atoms with E-state index >= 15 is 0 Å². The molecule has 5 heteroatoms. The molecule has 3 rings (SSSR count). The highest BCUT2D eigenvalue weighted by atomic mass is 79.9. The number of nitrogens with zero attached hydrogens (tertiary/aromatic N) is 2. The predicted octanol–water partition coefficient (Wildman–Crippen LogP) is 3.39. The molecule has 2 amide bonds. The second-order valence-electron chi connectivity index (χ2n) is 5.89. The molecule has 24 heavy (non-hydrogen) atoms. The molecule has 124 valence electrons. The van der Waals surface area contributed by atoms with Gasteiger partial charge in [0, 0.05) is 24.5 Å². The fraction of sp³-hybridized carbons (Fsp3) is 0.263. The van der Waals surface area contributed by atoms with Crippen molar-refractivity contribution >= 4 is 33.4 Å². The number of para-hydroxylation sites is 1. The first-order valence-electron chi connectivity index (χ1n) is 7.93. The van der Waals surface area contributed by atoms with Crippen LogP contribution in [0.4, 0.5) is 5.69 Å². The summed E-state index contributed by atoms with van der Waals surface area (Å²) in [6, 6.07) is 15.6. The maximum atomic E-state index is 12.7. The Morgan fingerprint density at radius 2 is 1.75 bits per heavy atom. The van der Waals surface area contributed by atoms with Crippen LogP contribution >= 0.6 is 15.9 Å². The van der Waals surface area contributed by atoms with Crippen LogP contribution in [0, 0.1) is 0 Å². The van der Waals surface area contributed by atoms with Crippen molar-refractivity contribution in [3.8, 4) is 0 Å². The van der Waals surface area contributed by atoms with Crippen LogP contribution in [0.3, 0.4) is 0 Å². The Morgan fingerprint density at radius 3 is 2.46 bits per heavy atom. The molecule has 0 bridgehead atoms. The first kappa shape index (κ1) is 16.7. The minimum Gasteiger partial charge on any atom is -0.336 e. The van der Waals surface area contributed by atoms with Gasteiger partial charge in [-0.05, 0) is 45.6 Å². The fourth-order valence-corrected chi connectivity index (χ4v) is 3.48. The van der Waals surface area contributed by atoms with E-state index in [-0.39, 0.29) is 18.4 Å². The lowest BCUT2D eigenvalue weighted by Gasteiger charge is -2.31. The van der Waals surface area contributed by atoms with Gasteiger partial charge < -0.3 is 9.80 Å². The van der Waals surface area contributed by atoms with Crippen molar-refractivity contribution in [1.29, 1.82) is 0 Å². The van der Waals surface area contributed by atoms with E-state index in [1.54, 1.807) is 0 Å². The van der Waals surface area contributed by atoms with Gasteiger partial charge >= 0.3 is 0 Å². The number of anilines is 1. The standard InChI is InChI=1S/C19H19BrN2O2/c1-14(23)22(18-9-5-4-8-17(18)20)13-19(24)21-11-10-15-6-2-3-7-16(15)12-21/h2-9H,10-13H2,1H3. The van der Waals surface area contributed by atoms with Gasteiger partial charge in [0.25, 0.3) is 0 Å². The number of amides is 2. The lowest BCUT2D eigenvalue weighted by molar-refractivity contribution is -0.132. The van der Waals surface area contributed by atoms with Gasteiger partial charge in [-0.2, -0.15) is 0 Å². The van der Waals surface area contributed by atoms with Crippen molar-refractivity contribution in [1.82, 2.24) is 4.90 Å². The van der Waals surface area contributed by atoms with E-state index in [0.29, 0.717) is 13.1 Å². The van der Waals surface area contributed by atoms with E-state index in [1.165, 1.54) is 23.0 Å². The molecule has 4 nitrogen and oxygen atoms in total.